The highest BCUT2D eigenvalue weighted by atomic mass is 16.1. The van der Waals surface area contributed by atoms with Gasteiger partial charge in [0.15, 0.2) is 0 Å². The van der Waals surface area contributed by atoms with Gasteiger partial charge < -0.3 is 9.88 Å². The Morgan fingerprint density at radius 3 is 2.88 bits per heavy atom. The molecule has 5 nitrogen and oxygen atoms in total. The van der Waals surface area contributed by atoms with Gasteiger partial charge in [0.05, 0.1) is 12.2 Å². The molecular weight excluding hydrogens is 204 g/mol. The third-order valence-electron chi connectivity index (χ3n) is 2.60. The second-order valence-electron chi connectivity index (χ2n) is 3.68. The van der Waals surface area contributed by atoms with Crippen LogP contribution in [0, 0.1) is 6.92 Å². The highest BCUT2D eigenvalue weighted by Crippen LogP contribution is 2.05. The number of rotatable bonds is 3. The molecule has 0 aliphatic heterocycles. The molecule has 2 aromatic rings. The van der Waals surface area contributed by atoms with Crippen molar-refractivity contribution < 1.29 is 4.79 Å². The largest absolute Gasteiger partial charge is 0.345 e. The van der Waals surface area contributed by atoms with E-state index in [1.165, 1.54) is 0 Å². The van der Waals surface area contributed by atoms with Crippen LogP contribution in [0.5, 0.6) is 0 Å². The van der Waals surface area contributed by atoms with Crippen LogP contribution >= 0.6 is 0 Å². The molecule has 2 aromatic heterocycles. The van der Waals surface area contributed by atoms with Gasteiger partial charge in [-0.05, 0) is 25.1 Å². The zero-order chi connectivity index (χ0) is 11.5. The highest BCUT2D eigenvalue weighted by Gasteiger charge is 2.10. The summed E-state index contributed by atoms with van der Waals surface area (Å²) < 4.78 is 1.86. The first-order chi connectivity index (χ1) is 7.68. The molecule has 2 N–H and O–H groups in total. The molecular formula is C11H14N4O. The van der Waals surface area contributed by atoms with Crippen LogP contribution in [0.1, 0.15) is 21.9 Å². The van der Waals surface area contributed by atoms with Gasteiger partial charge in [0.25, 0.3) is 5.91 Å². The molecule has 2 rings (SSSR count). The maximum absolute atomic E-state index is 11.8. The van der Waals surface area contributed by atoms with Crippen LogP contribution in [-0.4, -0.2) is 20.7 Å². The Kier molecular flexibility index (Phi) is 2.76. The minimum Gasteiger partial charge on any atom is -0.345 e. The van der Waals surface area contributed by atoms with Gasteiger partial charge in [-0.2, -0.15) is 5.10 Å². The first kappa shape index (κ1) is 10.5. The van der Waals surface area contributed by atoms with Crippen molar-refractivity contribution in [2.45, 2.75) is 13.5 Å². The molecule has 0 aromatic carbocycles. The van der Waals surface area contributed by atoms with Crippen LogP contribution in [0.3, 0.4) is 0 Å². The summed E-state index contributed by atoms with van der Waals surface area (Å²) in [5, 5.41) is 9.43. The summed E-state index contributed by atoms with van der Waals surface area (Å²) in [7, 11) is 1.88. The molecule has 84 valence electrons. The summed E-state index contributed by atoms with van der Waals surface area (Å²) in [6, 6.07) is 5.57. The van der Waals surface area contributed by atoms with Crippen molar-refractivity contribution >= 4 is 5.91 Å². The van der Waals surface area contributed by atoms with Crippen LogP contribution in [0.4, 0.5) is 0 Å². The number of carbonyl (C=O) groups is 1. The third-order valence-corrected chi connectivity index (χ3v) is 2.60. The van der Waals surface area contributed by atoms with Gasteiger partial charge in [0, 0.05) is 18.9 Å². The molecule has 0 radical (unpaired) electrons. The quantitative estimate of drug-likeness (QED) is 0.806. The molecule has 16 heavy (non-hydrogen) atoms. The first-order valence-electron chi connectivity index (χ1n) is 5.07. The van der Waals surface area contributed by atoms with E-state index in [1.54, 1.807) is 6.20 Å². The predicted molar refractivity (Wildman–Crippen MR) is 59.9 cm³/mol. The Bertz CT molecular complexity index is 484. The highest BCUT2D eigenvalue weighted by molar-refractivity contribution is 5.92. The van der Waals surface area contributed by atoms with Gasteiger partial charge in [-0.1, -0.05) is 0 Å². The molecule has 0 aliphatic rings. The maximum atomic E-state index is 11.8. The summed E-state index contributed by atoms with van der Waals surface area (Å²) in [6.07, 6.45) is 1.66. The Labute approximate surface area is 93.5 Å². The van der Waals surface area contributed by atoms with E-state index < -0.39 is 0 Å². The number of hydrogen-bond donors (Lipinski definition) is 2. The Morgan fingerprint density at radius 1 is 1.50 bits per heavy atom. The van der Waals surface area contributed by atoms with Crippen molar-refractivity contribution in [2.75, 3.05) is 0 Å². The zero-order valence-corrected chi connectivity index (χ0v) is 9.32. The van der Waals surface area contributed by atoms with Gasteiger partial charge in [-0.3, -0.25) is 9.89 Å². The lowest BCUT2D eigenvalue weighted by atomic mass is 10.3. The third kappa shape index (κ3) is 1.98. The molecule has 0 saturated carbocycles. The van der Waals surface area contributed by atoms with Crippen molar-refractivity contribution in [3.05, 3.63) is 41.5 Å². The average molecular weight is 218 g/mol. The van der Waals surface area contributed by atoms with Crippen molar-refractivity contribution in [1.82, 2.24) is 20.1 Å². The van der Waals surface area contributed by atoms with E-state index in [-0.39, 0.29) is 5.91 Å². The number of amides is 1. The SMILES string of the molecule is Cc1ccc(C(=O)NCc2ccn[nH]2)n1C. The number of H-pyrrole nitrogens is 1. The number of aryl methyl sites for hydroxylation is 1. The summed E-state index contributed by atoms with van der Waals surface area (Å²) in [4.78, 5) is 11.8. The molecule has 0 bridgehead atoms. The molecule has 0 atom stereocenters. The molecule has 0 unspecified atom stereocenters. The number of aromatic amines is 1. The predicted octanol–water partition coefficient (Wildman–Crippen LogP) is 0.987. The van der Waals surface area contributed by atoms with Crippen LogP contribution in [0.25, 0.3) is 0 Å². The zero-order valence-electron chi connectivity index (χ0n) is 9.32. The maximum Gasteiger partial charge on any atom is 0.268 e. The van der Waals surface area contributed by atoms with E-state index in [4.69, 9.17) is 0 Å². The van der Waals surface area contributed by atoms with Crippen molar-refractivity contribution in [3.8, 4) is 0 Å². The summed E-state index contributed by atoms with van der Waals surface area (Å²) in [5.41, 5.74) is 2.61. The number of carbonyl (C=O) groups excluding carboxylic acids is 1. The fraction of sp³-hybridized carbons (Fsp3) is 0.273. The first-order valence-corrected chi connectivity index (χ1v) is 5.07. The van der Waals surface area contributed by atoms with E-state index in [0.717, 1.165) is 11.4 Å². The van der Waals surface area contributed by atoms with Crippen molar-refractivity contribution in [3.63, 3.8) is 0 Å². The summed E-state index contributed by atoms with van der Waals surface area (Å²) >= 11 is 0. The Morgan fingerprint density at radius 2 is 2.31 bits per heavy atom. The summed E-state index contributed by atoms with van der Waals surface area (Å²) in [5.74, 6) is -0.0785. The minimum absolute atomic E-state index is 0.0785. The van der Waals surface area contributed by atoms with Crippen LogP contribution in [0.2, 0.25) is 0 Å². The second kappa shape index (κ2) is 4.22. The van der Waals surface area contributed by atoms with E-state index in [1.807, 2.05) is 36.7 Å². The second-order valence-corrected chi connectivity index (χ2v) is 3.68. The van der Waals surface area contributed by atoms with E-state index in [0.29, 0.717) is 12.2 Å². The number of aromatic nitrogens is 3. The molecule has 0 spiro atoms. The van der Waals surface area contributed by atoms with Gasteiger partial charge in [-0.15, -0.1) is 0 Å². The fourth-order valence-electron chi connectivity index (χ4n) is 1.49. The Balaban J connectivity index is 2.01. The van der Waals surface area contributed by atoms with Crippen LogP contribution in [0.15, 0.2) is 24.4 Å². The van der Waals surface area contributed by atoms with E-state index >= 15 is 0 Å². The lowest BCUT2D eigenvalue weighted by molar-refractivity contribution is 0.0942. The number of nitrogens with zero attached hydrogens (tertiary/aromatic N) is 2. The van der Waals surface area contributed by atoms with Crippen molar-refractivity contribution in [2.24, 2.45) is 7.05 Å². The molecule has 0 saturated heterocycles. The van der Waals surface area contributed by atoms with Gasteiger partial charge in [0.2, 0.25) is 0 Å². The standard InChI is InChI=1S/C11H14N4O/c1-8-3-4-10(15(8)2)11(16)12-7-9-5-6-13-14-9/h3-6H,7H2,1-2H3,(H,12,16)(H,13,14). The smallest absolute Gasteiger partial charge is 0.268 e. The fourth-order valence-corrected chi connectivity index (χ4v) is 1.49. The lowest BCUT2D eigenvalue weighted by Gasteiger charge is -2.05. The molecule has 1 amide bonds. The van der Waals surface area contributed by atoms with Crippen LogP contribution < -0.4 is 5.32 Å². The average Bonchev–Trinajstić information content (AvgIpc) is 2.88. The van der Waals surface area contributed by atoms with Crippen molar-refractivity contribution in [1.29, 1.82) is 0 Å². The topological polar surface area (TPSA) is 62.7 Å². The number of nitrogens with one attached hydrogen (secondary N) is 2. The minimum atomic E-state index is -0.0785. The van der Waals surface area contributed by atoms with Gasteiger partial charge >= 0.3 is 0 Å². The van der Waals surface area contributed by atoms with Gasteiger partial charge in [0.1, 0.15) is 5.69 Å². The normalized spacial score (nSPS) is 10.4. The molecule has 0 aliphatic carbocycles. The molecule has 5 heteroatoms. The monoisotopic (exact) mass is 218 g/mol. The molecule has 2 heterocycles. The van der Waals surface area contributed by atoms with Crippen LogP contribution in [-0.2, 0) is 13.6 Å². The Hall–Kier alpha value is -2.04. The van der Waals surface area contributed by atoms with Gasteiger partial charge in [-0.25, -0.2) is 0 Å². The van der Waals surface area contributed by atoms with E-state index in [9.17, 15) is 4.79 Å². The summed E-state index contributed by atoms with van der Waals surface area (Å²) in [6.45, 7) is 2.43. The van der Waals surface area contributed by atoms with E-state index in [2.05, 4.69) is 15.5 Å². The number of hydrogen-bond acceptors (Lipinski definition) is 2. The molecule has 0 fully saturated rings. The lowest BCUT2D eigenvalue weighted by Crippen LogP contribution is -2.25.